The molecule has 22 atom stereocenters. The van der Waals surface area contributed by atoms with Crippen molar-refractivity contribution in [3.63, 3.8) is 0 Å². The lowest BCUT2D eigenvalue weighted by Gasteiger charge is -2.30. The van der Waals surface area contributed by atoms with Gasteiger partial charge in [-0.15, -0.1) is 0 Å². The van der Waals surface area contributed by atoms with E-state index in [2.05, 4.69) is 248 Å². The van der Waals surface area contributed by atoms with Gasteiger partial charge in [0.15, 0.2) is 12.2 Å². The average molecular weight is 3110 g/mol. The second-order valence-corrected chi connectivity index (χ2v) is 49.2. The third kappa shape index (κ3) is 23.0. The van der Waals surface area contributed by atoms with E-state index in [9.17, 15) is 105 Å². The zero-order chi connectivity index (χ0) is 88.6. The van der Waals surface area contributed by atoms with Gasteiger partial charge >= 0.3 is 65.7 Å². The number of rotatable bonds is 24. The first kappa shape index (κ1) is 99.4. The third-order valence-electron chi connectivity index (χ3n) is 22.0. The van der Waals surface area contributed by atoms with Gasteiger partial charge in [0.25, 0.3) is 0 Å². The SMILES string of the molecule is O=C(OC1C2CC3C(OC(=O)C31)C2C(=O)OCCS(=O)(=O)[O-])c1cc(I)cc(I)c1I.O=C(OC1C2CC3C1OC(=O)C3C2C(=O)OCCS(=O)(=O)[O-])c1cc(I)cc(I)c1I.O=C(OC1C2OC(=O)C3C2OC1C3C(=O)OCCS(=O)(=O)[O-])c1cc(I)cc(I)c1I.O=C(OC1CC2CC(C(=O)OCCS(=O)(=O)[O-])C1C2)c1cc(I)cc(I)c1I. The first-order valence-corrected chi connectivity index (χ1v) is 54.8. The van der Waals surface area contributed by atoms with E-state index in [1.165, 1.54) is 0 Å². The Labute approximate surface area is 852 Å². The van der Waals surface area contributed by atoms with E-state index in [1.54, 1.807) is 24.3 Å². The van der Waals surface area contributed by atoms with Gasteiger partial charge in [-0.3, -0.25) is 33.6 Å². The maximum absolute atomic E-state index is 12.9. The Bertz CT molecular complexity index is 5260. The van der Waals surface area contributed by atoms with Gasteiger partial charge in [0.05, 0.1) is 103 Å². The fourth-order valence-corrected chi connectivity index (χ4v) is 28.0. The summed E-state index contributed by atoms with van der Waals surface area (Å²) in [6.07, 6.45) is -3.86. The summed E-state index contributed by atoms with van der Waals surface area (Å²) in [4.78, 5) is 139. The minimum Gasteiger partial charge on any atom is -0.748 e. The van der Waals surface area contributed by atoms with Gasteiger partial charge < -0.3 is 75.1 Å². The lowest BCUT2D eigenvalue weighted by Crippen LogP contribution is -2.48. The highest BCUT2D eigenvalue weighted by Gasteiger charge is 2.74. The van der Waals surface area contributed by atoms with Crippen molar-refractivity contribution < 1.29 is 161 Å². The van der Waals surface area contributed by atoms with Gasteiger partial charge in [-0.2, -0.15) is 0 Å². The highest BCUT2D eigenvalue weighted by Crippen LogP contribution is 2.61. The summed E-state index contributed by atoms with van der Waals surface area (Å²) in [6.45, 7) is -2.26. The minimum absolute atomic E-state index is 0.134. The molecule has 35 nitrogen and oxygen atoms in total. The van der Waals surface area contributed by atoms with Crippen LogP contribution < -0.4 is 0 Å². The van der Waals surface area contributed by atoms with Gasteiger partial charge in [-0.05, 0) is 358 Å². The van der Waals surface area contributed by atoms with Crippen LogP contribution in [0.15, 0.2) is 48.5 Å². The van der Waals surface area contributed by atoms with Crippen LogP contribution in [0.5, 0.6) is 0 Å². The quantitative estimate of drug-likeness (QED) is 0.0210. The van der Waals surface area contributed by atoms with Gasteiger partial charge in [-0.25, -0.2) is 52.8 Å². The summed E-state index contributed by atoms with van der Waals surface area (Å²) in [5.74, 6) is -17.2. The average Bonchev–Trinajstić information content (AvgIpc) is 1.56. The van der Waals surface area contributed by atoms with Crippen molar-refractivity contribution in [2.75, 3.05) is 49.4 Å². The molecule has 4 aromatic rings. The Morgan fingerprint density at radius 3 is 1.12 bits per heavy atom. The molecule has 5 saturated heterocycles. The van der Waals surface area contributed by atoms with Crippen molar-refractivity contribution in [1.82, 2.24) is 0 Å². The smallest absolute Gasteiger partial charge is 0.339 e. The molecule has 6 saturated carbocycles. The fraction of sp³-hybridized carbons (Fsp3) is 0.500. The van der Waals surface area contributed by atoms with E-state index in [0.29, 0.717) is 51.5 Å². The molecule has 51 heteroatoms. The van der Waals surface area contributed by atoms with E-state index >= 15 is 0 Å². The van der Waals surface area contributed by atoms with E-state index in [-0.39, 0.29) is 29.8 Å². The molecule has 0 N–H and O–H groups in total. The number of benzene rings is 4. The number of fused-ring (bicyclic) bond motifs is 5. The summed E-state index contributed by atoms with van der Waals surface area (Å²) in [7, 11) is -18.0. The van der Waals surface area contributed by atoms with Crippen molar-refractivity contribution >= 4 is 377 Å². The molecule has 121 heavy (non-hydrogen) atoms. The lowest BCUT2D eigenvalue weighted by molar-refractivity contribution is -0.157. The van der Waals surface area contributed by atoms with E-state index in [4.69, 9.17) is 56.8 Å². The van der Waals surface area contributed by atoms with Crippen LogP contribution in [0.3, 0.4) is 0 Å². The number of carbonyl (C=O) groups excluding carboxylic acids is 11. The lowest BCUT2D eigenvalue weighted by atomic mass is 9.78. The van der Waals surface area contributed by atoms with Gasteiger partial charge in [0, 0.05) is 72.4 Å². The standard InChI is InChI=1S/2C18H15I3O9S.C17H13I3O10S.C17H17I3O7S/c19-6-3-9(13(21)10(20)4-6)16(22)29-15-7-5-8-12(15)18(24)30-14(8)11(7)17(23)28-1-2-31(25,26)27;19-6-3-9(13(21)10(20)4-6)16(22)29-14-7-5-8-12(18(24)30-15(8)14)11(7)17(23)28-1-2-31(25,26)27;18-5-3-6(10(20)7(19)4-5)15(21)29-13-11-8(16(22)27-1-2-31(24,25)26)9-12(28-11)14(13)30-17(9)23;18-9-6-12(15(20)13(19)7-9)17(22)27-14-5-8-3-10(14)11(4-8)16(21)26-1-2-28(23,24)25/h2*3-4,7-8,11-12,14-15H,1-2,5H2,(H,25,26,27);3-4,8-9,11-14H,1-2H2,(H,24,25,26);6-8,10-11,14H,1-5H2,(H,23,24,25)/p-4. The van der Waals surface area contributed by atoms with Crippen LogP contribution >= 0.6 is 271 Å². The molecule has 5 heterocycles. The Kier molecular flexibility index (Phi) is 33.2. The summed E-state index contributed by atoms with van der Waals surface area (Å²) in [5, 5.41) is 0. The summed E-state index contributed by atoms with van der Waals surface area (Å²) >= 11 is 25.2. The predicted octanol–water partition coefficient (Wildman–Crippen LogP) is 8.06. The topological polar surface area (TPSA) is 527 Å². The van der Waals surface area contributed by atoms with Crippen molar-refractivity contribution in [3.05, 3.63) is 114 Å². The zero-order valence-electron chi connectivity index (χ0n) is 60.5. The molecule has 0 radical (unpaired) electrons. The molecule has 0 spiro atoms. The molecule has 5 aliphatic heterocycles. The second kappa shape index (κ2) is 40.5. The molecule has 11 aliphatic rings. The van der Waals surface area contributed by atoms with Crippen LogP contribution in [0.1, 0.15) is 73.5 Å². The fourth-order valence-electron chi connectivity index (χ4n) is 17.3. The van der Waals surface area contributed by atoms with E-state index < -0.39 is 258 Å². The molecule has 15 rings (SSSR count). The highest BCUT2D eigenvalue weighted by atomic mass is 127. The monoisotopic (exact) mass is 3110 g/mol. The van der Waals surface area contributed by atoms with Crippen LogP contribution in [0.25, 0.3) is 0 Å². The molecular formula is C70H56I12O35S4-4. The molecule has 0 amide bonds. The zero-order valence-corrected chi connectivity index (χ0v) is 89.6. The third-order valence-corrected chi connectivity index (χ3v) is 39.4. The molecule has 11 fully saturated rings. The largest absolute Gasteiger partial charge is 0.748 e. The van der Waals surface area contributed by atoms with Gasteiger partial charge in [0.2, 0.25) is 0 Å². The molecule has 4 aromatic carbocycles. The summed E-state index contributed by atoms with van der Waals surface area (Å²) in [6, 6.07) is 14.6. The molecule has 0 aromatic heterocycles. The second-order valence-electron chi connectivity index (χ2n) is 29.2. The van der Waals surface area contributed by atoms with E-state index in [0.717, 1.165) is 45.7 Å². The predicted molar refractivity (Wildman–Crippen MR) is 504 cm³/mol. The number of halogens is 12. The van der Waals surface area contributed by atoms with Gasteiger partial charge in [-0.1, -0.05) is 0 Å². The van der Waals surface area contributed by atoms with Crippen LogP contribution in [0.2, 0.25) is 0 Å². The summed E-state index contributed by atoms with van der Waals surface area (Å²) in [5.41, 5.74) is 1.61. The van der Waals surface area contributed by atoms with Crippen molar-refractivity contribution in [2.45, 2.75) is 87.0 Å². The number of carbonyl (C=O) groups is 11. The maximum Gasteiger partial charge on any atom is 0.339 e. The Hall–Kier alpha value is -0.590. The first-order valence-electron chi connectivity index (χ1n) is 35.6. The highest BCUT2D eigenvalue weighted by molar-refractivity contribution is 14.1. The van der Waals surface area contributed by atoms with Gasteiger partial charge in [0.1, 0.15) is 92.8 Å². The molecular weight excluding hydrogens is 3050 g/mol. The number of hydrogen-bond acceptors (Lipinski definition) is 35. The Morgan fingerprint density at radius 1 is 0.339 bits per heavy atom. The number of hydrogen-bond donors (Lipinski definition) is 0. The Balaban J connectivity index is 0.000000148. The normalized spacial score (nSPS) is 29.8. The molecule has 658 valence electrons. The van der Waals surface area contributed by atoms with Crippen molar-refractivity contribution in [2.24, 2.45) is 76.9 Å². The van der Waals surface area contributed by atoms with Crippen LogP contribution in [-0.2, 0) is 131 Å². The van der Waals surface area contributed by atoms with Crippen LogP contribution in [0.4, 0.5) is 0 Å². The van der Waals surface area contributed by atoms with Crippen molar-refractivity contribution in [1.29, 1.82) is 0 Å². The van der Waals surface area contributed by atoms with Crippen LogP contribution in [0, 0.1) is 120 Å². The maximum atomic E-state index is 12.9. The van der Waals surface area contributed by atoms with E-state index in [1.807, 2.05) is 46.9 Å². The molecule has 6 aliphatic carbocycles. The Morgan fingerprint density at radius 2 is 0.686 bits per heavy atom. The van der Waals surface area contributed by atoms with Crippen LogP contribution in [-0.4, -0.2) is 222 Å². The minimum atomic E-state index is -4.57. The summed E-state index contributed by atoms with van der Waals surface area (Å²) < 4.78 is 203. The number of ether oxygens (including phenoxy) is 12. The van der Waals surface area contributed by atoms with Crippen molar-refractivity contribution in [3.8, 4) is 0 Å². The number of esters is 11. The molecule has 22 unspecified atom stereocenters. The first-order chi connectivity index (χ1) is 56.5. The molecule has 8 bridgehead atoms.